The summed E-state index contributed by atoms with van der Waals surface area (Å²) in [5.41, 5.74) is 2.57. The molecule has 0 aliphatic heterocycles. The van der Waals surface area contributed by atoms with E-state index in [0.717, 1.165) is 26.8 Å². The van der Waals surface area contributed by atoms with Gasteiger partial charge in [-0.25, -0.2) is 0 Å². The molecule has 0 aliphatic rings. The van der Waals surface area contributed by atoms with Gasteiger partial charge in [0.15, 0.2) is 5.75 Å². The fourth-order valence-corrected chi connectivity index (χ4v) is 3.51. The summed E-state index contributed by atoms with van der Waals surface area (Å²) < 4.78 is 7.56. The zero-order valence-electron chi connectivity index (χ0n) is 12.2. The minimum Gasteiger partial charge on any atom is -0.456 e. The Bertz CT molecular complexity index is 807. The highest BCUT2D eigenvalue weighted by Crippen LogP contribution is 2.31. The first-order valence-electron chi connectivity index (χ1n) is 6.71. The Hall–Kier alpha value is -1.08. The van der Waals surface area contributed by atoms with Crippen LogP contribution in [0.2, 0.25) is 0 Å². The second-order valence-electron chi connectivity index (χ2n) is 4.79. The average molecular weight is 520 g/mol. The Balaban J connectivity index is 2.52. The molecule has 0 fully saturated rings. The van der Waals surface area contributed by atoms with E-state index in [0.29, 0.717) is 21.5 Å². The summed E-state index contributed by atoms with van der Waals surface area (Å²) in [4.78, 5) is 14.8. The number of ether oxygens (including phenoxy) is 1. The Kier molecular flexibility index (Phi) is 5.86. The van der Waals surface area contributed by atoms with Crippen molar-refractivity contribution in [2.45, 2.75) is 26.7 Å². The molecular weight excluding hydrogens is 506 g/mol. The first kappa shape index (κ1) is 17.3. The van der Waals surface area contributed by atoms with Crippen LogP contribution in [0.25, 0.3) is 0 Å². The van der Waals surface area contributed by atoms with Crippen molar-refractivity contribution in [3.05, 3.63) is 52.5 Å². The van der Waals surface area contributed by atoms with E-state index >= 15 is 0 Å². The predicted octanol–water partition coefficient (Wildman–Crippen LogP) is 4.31. The normalized spacial score (nSPS) is 10.3. The van der Waals surface area contributed by atoms with E-state index in [9.17, 15) is 4.79 Å². The van der Waals surface area contributed by atoms with Crippen LogP contribution in [0.1, 0.15) is 23.7 Å². The number of hydrogen-bond acceptors (Lipinski definition) is 3. The summed E-state index contributed by atoms with van der Waals surface area (Å²) >= 11 is 4.20. The molecule has 0 unspecified atom stereocenters. The lowest BCUT2D eigenvalue weighted by atomic mass is 10.1. The highest BCUT2D eigenvalue weighted by atomic mass is 127. The maximum Gasteiger partial charge on any atom is 0.265 e. The van der Waals surface area contributed by atoms with Crippen LogP contribution >= 0.6 is 45.2 Å². The van der Waals surface area contributed by atoms with E-state index in [1.807, 2.05) is 54.6 Å². The number of hydrogen-bond donors (Lipinski definition) is 1. The lowest BCUT2D eigenvalue weighted by Crippen LogP contribution is -2.15. The van der Waals surface area contributed by atoms with E-state index in [2.05, 4.69) is 33.6 Å². The van der Waals surface area contributed by atoms with Crippen LogP contribution in [-0.2, 0) is 12.8 Å². The molecule has 0 radical (unpaired) electrons. The second-order valence-corrected chi connectivity index (χ2v) is 7.11. The van der Waals surface area contributed by atoms with Crippen LogP contribution in [-0.4, -0.2) is 4.98 Å². The molecule has 1 aromatic carbocycles. The Morgan fingerprint density at radius 3 is 2.68 bits per heavy atom. The molecule has 0 aliphatic carbocycles. The number of H-pyrrole nitrogens is 1. The number of nitrogens with one attached hydrogen (secondary N) is 1. The van der Waals surface area contributed by atoms with Gasteiger partial charge in [-0.15, -0.1) is 0 Å². The number of nitriles is 1. The van der Waals surface area contributed by atoms with Crippen LogP contribution in [0.5, 0.6) is 11.5 Å². The maximum atomic E-state index is 12.0. The molecule has 22 heavy (non-hydrogen) atoms. The van der Waals surface area contributed by atoms with Gasteiger partial charge in [-0.3, -0.25) is 4.79 Å². The van der Waals surface area contributed by atoms with Gasteiger partial charge in [0.1, 0.15) is 9.32 Å². The molecule has 0 bridgehead atoms. The summed E-state index contributed by atoms with van der Waals surface area (Å²) in [6.45, 7) is 3.90. The summed E-state index contributed by atoms with van der Waals surface area (Å²) in [7, 11) is 0. The molecule has 114 valence electrons. The van der Waals surface area contributed by atoms with E-state index in [-0.39, 0.29) is 5.56 Å². The van der Waals surface area contributed by atoms with Gasteiger partial charge in [0.2, 0.25) is 0 Å². The molecule has 4 nitrogen and oxygen atoms in total. The SMILES string of the molecule is CCc1c(C)[nH]c(=O)c(I)c1Oc1cc(I)cc(CC#N)c1. The van der Waals surface area contributed by atoms with Crippen molar-refractivity contribution in [1.82, 2.24) is 4.98 Å². The smallest absolute Gasteiger partial charge is 0.265 e. The van der Waals surface area contributed by atoms with Crippen LogP contribution in [0, 0.1) is 25.4 Å². The van der Waals surface area contributed by atoms with Gasteiger partial charge in [-0.1, -0.05) is 6.92 Å². The third-order valence-electron chi connectivity index (χ3n) is 3.21. The third kappa shape index (κ3) is 3.81. The van der Waals surface area contributed by atoms with E-state index in [1.54, 1.807) is 0 Å². The largest absolute Gasteiger partial charge is 0.456 e. The molecule has 1 aromatic heterocycles. The lowest BCUT2D eigenvalue weighted by Gasteiger charge is -2.14. The molecular formula is C16H14I2N2O2. The van der Waals surface area contributed by atoms with Crippen LogP contribution in [0.15, 0.2) is 23.0 Å². The van der Waals surface area contributed by atoms with E-state index in [1.165, 1.54) is 0 Å². The number of halogens is 2. The number of rotatable bonds is 4. The van der Waals surface area contributed by atoms with Crippen LogP contribution in [0.3, 0.4) is 0 Å². The molecule has 2 aromatic rings. The Morgan fingerprint density at radius 1 is 1.32 bits per heavy atom. The van der Waals surface area contributed by atoms with E-state index < -0.39 is 0 Å². The van der Waals surface area contributed by atoms with Crippen molar-refractivity contribution in [3.8, 4) is 17.6 Å². The molecule has 0 saturated carbocycles. The Morgan fingerprint density at radius 2 is 2.05 bits per heavy atom. The van der Waals surface area contributed by atoms with Gasteiger partial charge < -0.3 is 9.72 Å². The molecule has 0 amide bonds. The highest BCUT2D eigenvalue weighted by Gasteiger charge is 2.15. The number of aromatic nitrogens is 1. The zero-order chi connectivity index (χ0) is 16.3. The first-order chi connectivity index (χ1) is 10.5. The molecule has 1 N–H and O–H groups in total. The molecule has 1 heterocycles. The van der Waals surface area contributed by atoms with Crippen molar-refractivity contribution in [1.29, 1.82) is 5.26 Å². The van der Waals surface area contributed by atoms with Crippen molar-refractivity contribution in [2.24, 2.45) is 0 Å². The fourth-order valence-electron chi connectivity index (χ4n) is 2.23. The minimum absolute atomic E-state index is 0.145. The van der Waals surface area contributed by atoms with Gasteiger partial charge in [0, 0.05) is 14.8 Å². The molecule has 6 heteroatoms. The standard InChI is InChI=1S/C16H14I2N2O2/c1-3-13-9(2)20-16(21)14(18)15(13)22-12-7-10(4-5-19)6-11(17)8-12/h6-8H,3-4H2,1-2H3,(H,20,21). The predicted molar refractivity (Wildman–Crippen MR) is 102 cm³/mol. The van der Waals surface area contributed by atoms with Crippen molar-refractivity contribution in [2.75, 3.05) is 0 Å². The van der Waals surface area contributed by atoms with Crippen LogP contribution in [0.4, 0.5) is 0 Å². The summed E-state index contributed by atoms with van der Waals surface area (Å²) in [6, 6.07) is 7.83. The van der Waals surface area contributed by atoms with Gasteiger partial charge >= 0.3 is 0 Å². The first-order valence-corrected chi connectivity index (χ1v) is 8.87. The number of benzene rings is 1. The second kappa shape index (κ2) is 7.46. The van der Waals surface area contributed by atoms with Gasteiger partial charge in [-0.05, 0) is 82.3 Å². The third-order valence-corrected chi connectivity index (χ3v) is 4.82. The summed E-state index contributed by atoms with van der Waals surface area (Å²) in [5.74, 6) is 1.25. The van der Waals surface area contributed by atoms with Crippen molar-refractivity contribution >= 4 is 45.2 Å². The maximum absolute atomic E-state index is 12.0. The number of nitrogens with zero attached hydrogens (tertiary/aromatic N) is 1. The summed E-state index contributed by atoms with van der Waals surface area (Å²) in [5, 5.41) is 8.85. The molecule has 2 rings (SSSR count). The zero-order valence-corrected chi connectivity index (χ0v) is 16.5. The molecule has 0 spiro atoms. The Labute approximate surface area is 156 Å². The molecule has 0 saturated heterocycles. The topological polar surface area (TPSA) is 65.9 Å². The highest BCUT2D eigenvalue weighted by molar-refractivity contribution is 14.1. The number of aromatic amines is 1. The summed E-state index contributed by atoms with van der Waals surface area (Å²) in [6.07, 6.45) is 1.10. The number of aryl methyl sites for hydroxylation is 1. The monoisotopic (exact) mass is 520 g/mol. The van der Waals surface area contributed by atoms with Crippen LogP contribution < -0.4 is 10.3 Å². The van der Waals surface area contributed by atoms with Gasteiger partial charge in [-0.2, -0.15) is 5.26 Å². The lowest BCUT2D eigenvalue weighted by molar-refractivity contribution is 0.469. The molecule has 0 atom stereocenters. The van der Waals surface area contributed by atoms with Crippen molar-refractivity contribution < 1.29 is 4.74 Å². The quantitative estimate of drug-likeness (QED) is 0.612. The van der Waals surface area contributed by atoms with Gasteiger partial charge in [0.05, 0.1) is 12.5 Å². The minimum atomic E-state index is -0.145. The van der Waals surface area contributed by atoms with Crippen molar-refractivity contribution in [3.63, 3.8) is 0 Å². The van der Waals surface area contributed by atoms with Gasteiger partial charge in [0.25, 0.3) is 5.56 Å². The average Bonchev–Trinajstić information content (AvgIpc) is 2.44. The fraction of sp³-hybridized carbons (Fsp3) is 0.250. The number of pyridine rings is 1. The van der Waals surface area contributed by atoms with E-state index in [4.69, 9.17) is 10.00 Å².